The van der Waals surface area contributed by atoms with Crippen LogP contribution in [0.1, 0.15) is 5.56 Å². The number of fused-ring (bicyclic) bond motifs is 1. The molecule has 0 aliphatic carbocycles. The van der Waals surface area contributed by atoms with Crippen LogP contribution in [-0.4, -0.2) is 26.8 Å². The van der Waals surface area contributed by atoms with Crippen molar-refractivity contribution in [3.8, 4) is 0 Å². The lowest BCUT2D eigenvalue weighted by Gasteiger charge is -2.09. The van der Waals surface area contributed by atoms with Gasteiger partial charge in [-0.15, -0.1) is 0 Å². The predicted octanol–water partition coefficient (Wildman–Crippen LogP) is 5.62. The molecule has 37 heavy (non-hydrogen) atoms. The first kappa shape index (κ1) is 24.9. The molecule has 0 radical (unpaired) electrons. The predicted molar refractivity (Wildman–Crippen MR) is 146 cm³/mol. The normalized spacial score (nSPS) is 11.9. The van der Waals surface area contributed by atoms with E-state index < -0.39 is 20.0 Å². The van der Waals surface area contributed by atoms with E-state index in [1.54, 1.807) is 60.7 Å². The van der Waals surface area contributed by atoms with Crippen molar-refractivity contribution in [1.82, 2.24) is 9.97 Å². The summed E-state index contributed by atoms with van der Waals surface area (Å²) in [7, 11) is -7.43. The molecule has 11 heteroatoms. The minimum absolute atomic E-state index is 0.131. The van der Waals surface area contributed by atoms with Crippen LogP contribution in [0.5, 0.6) is 0 Å². The maximum absolute atomic E-state index is 12.6. The van der Waals surface area contributed by atoms with Gasteiger partial charge in [-0.3, -0.25) is 4.72 Å². The summed E-state index contributed by atoms with van der Waals surface area (Å²) < 4.78 is 55.5. The zero-order valence-electron chi connectivity index (χ0n) is 19.5. The van der Waals surface area contributed by atoms with Gasteiger partial charge in [-0.25, -0.2) is 26.5 Å². The van der Waals surface area contributed by atoms with Gasteiger partial charge in [0.25, 0.3) is 20.0 Å². The topological polar surface area (TPSA) is 121 Å². The average molecular weight is 551 g/mol. The molecule has 0 saturated carbocycles. The Hall–Kier alpha value is -3.80. The molecule has 4 aromatic carbocycles. The number of aromatic amines is 1. The van der Waals surface area contributed by atoms with Crippen molar-refractivity contribution in [3.05, 3.63) is 103 Å². The molecular formula is C26H22N4O4S3. The Morgan fingerprint density at radius 1 is 0.703 bits per heavy atom. The second-order valence-electron chi connectivity index (χ2n) is 8.23. The second-order valence-corrected chi connectivity index (χ2v) is 12.7. The van der Waals surface area contributed by atoms with Crippen LogP contribution < -0.4 is 9.44 Å². The monoisotopic (exact) mass is 550 g/mol. The maximum Gasteiger partial charge on any atom is 0.264 e. The van der Waals surface area contributed by atoms with Gasteiger partial charge in [0.15, 0.2) is 0 Å². The van der Waals surface area contributed by atoms with Crippen molar-refractivity contribution in [2.24, 2.45) is 0 Å². The molecule has 0 aliphatic heterocycles. The van der Waals surface area contributed by atoms with Gasteiger partial charge in [0.2, 0.25) is 5.95 Å². The number of sulfonamides is 2. The zero-order chi connectivity index (χ0) is 26.0. The van der Waals surface area contributed by atoms with Crippen molar-refractivity contribution in [3.63, 3.8) is 0 Å². The molecule has 0 unspecified atom stereocenters. The zero-order valence-corrected chi connectivity index (χ0v) is 22.0. The number of hydrogen-bond acceptors (Lipinski definition) is 6. The van der Waals surface area contributed by atoms with Gasteiger partial charge < -0.3 is 4.98 Å². The number of hydrogen-bond donors (Lipinski definition) is 3. The maximum atomic E-state index is 12.6. The molecule has 1 heterocycles. The summed E-state index contributed by atoms with van der Waals surface area (Å²) in [5.74, 6) is 0.131. The van der Waals surface area contributed by atoms with Gasteiger partial charge in [-0.2, -0.15) is 0 Å². The summed E-state index contributed by atoms with van der Waals surface area (Å²) in [6.07, 6.45) is 0. The smallest absolute Gasteiger partial charge is 0.264 e. The Labute approximate surface area is 219 Å². The van der Waals surface area contributed by atoms with Crippen molar-refractivity contribution in [2.45, 2.75) is 26.5 Å². The third-order valence-corrected chi connectivity index (χ3v) is 9.16. The minimum atomic E-state index is -3.75. The summed E-state index contributed by atoms with van der Waals surface area (Å²) in [5, 5.41) is 0. The van der Waals surface area contributed by atoms with E-state index in [2.05, 4.69) is 19.4 Å². The molecule has 0 spiro atoms. The standard InChI is InChI=1S/C26H22N4O4S3/c1-18-7-14-23(15-8-18)36(31,32)29-19-9-11-20(12-10-19)35-21-13-16-24-25(17-21)28-26(27-24)30-37(33,34)22-5-3-2-4-6-22/h2-17,29H,1H3,(H2,27,28,30). The van der Waals surface area contributed by atoms with Crippen molar-refractivity contribution in [2.75, 3.05) is 9.44 Å². The first-order valence-electron chi connectivity index (χ1n) is 11.1. The molecule has 5 rings (SSSR count). The van der Waals surface area contributed by atoms with E-state index in [0.717, 1.165) is 15.4 Å². The molecule has 5 aromatic rings. The second kappa shape index (κ2) is 9.92. The van der Waals surface area contributed by atoms with Crippen LogP contribution in [0, 0.1) is 6.92 Å². The van der Waals surface area contributed by atoms with E-state index in [-0.39, 0.29) is 15.7 Å². The van der Waals surface area contributed by atoms with E-state index in [0.29, 0.717) is 16.7 Å². The summed E-state index contributed by atoms with van der Waals surface area (Å²) in [5.41, 5.74) is 2.75. The SMILES string of the molecule is Cc1ccc(S(=O)(=O)Nc2ccc(Sc3ccc4nc(NS(=O)(=O)c5ccccc5)[nH]c4c3)cc2)cc1. The van der Waals surface area contributed by atoms with Crippen LogP contribution in [0.15, 0.2) is 117 Å². The number of rotatable bonds is 8. The lowest BCUT2D eigenvalue weighted by atomic mass is 10.2. The van der Waals surface area contributed by atoms with Crippen LogP contribution >= 0.6 is 11.8 Å². The number of nitrogens with zero attached hydrogens (tertiary/aromatic N) is 1. The fourth-order valence-corrected chi connectivity index (χ4v) is 6.45. The number of H-pyrrole nitrogens is 1. The van der Waals surface area contributed by atoms with Crippen LogP contribution in [0.3, 0.4) is 0 Å². The number of imidazole rings is 1. The highest BCUT2D eigenvalue weighted by molar-refractivity contribution is 7.99. The lowest BCUT2D eigenvalue weighted by Crippen LogP contribution is -2.13. The summed E-state index contributed by atoms with van der Waals surface area (Å²) in [6.45, 7) is 1.90. The highest BCUT2D eigenvalue weighted by Crippen LogP contribution is 2.31. The quantitative estimate of drug-likeness (QED) is 0.230. The van der Waals surface area contributed by atoms with Crippen LogP contribution in [0.4, 0.5) is 11.6 Å². The molecule has 188 valence electrons. The van der Waals surface area contributed by atoms with Crippen LogP contribution in [0.2, 0.25) is 0 Å². The van der Waals surface area contributed by atoms with E-state index in [1.807, 2.05) is 31.2 Å². The molecule has 0 fully saturated rings. The molecular weight excluding hydrogens is 529 g/mol. The largest absolute Gasteiger partial charge is 0.323 e. The molecule has 0 saturated heterocycles. The lowest BCUT2D eigenvalue weighted by molar-refractivity contribution is 0.599. The average Bonchev–Trinajstić information content (AvgIpc) is 3.27. The molecule has 8 nitrogen and oxygen atoms in total. The number of anilines is 2. The minimum Gasteiger partial charge on any atom is -0.323 e. The fourth-order valence-electron chi connectivity index (χ4n) is 3.55. The molecule has 1 aromatic heterocycles. The number of benzene rings is 4. The Bertz CT molecular complexity index is 1770. The van der Waals surface area contributed by atoms with Gasteiger partial charge in [0, 0.05) is 15.5 Å². The van der Waals surface area contributed by atoms with Gasteiger partial charge in [0.05, 0.1) is 20.8 Å². The fraction of sp³-hybridized carbons (Fsp3) is 0.0385. The van der Waals surface area contributed by atoms with Gasteiger partial charge in [0.1, 0.15) is 0 Å². The summed E-state index contributed by atoms with van der Waals surface area (Å²) >= 11 is 1.48. The summed E-state index contributed by atoms with van der Waals surface area (Å²) in [4.78, 5) is 9.50. The Balaban J connectivity index is 1.28. The first-order valence-corrected chi connectivity index (χ1v) is 14.9. The Morgan fingerprint density at radius 3 is 2.03 bits per heavy atom. The number of aryl methyl sites for hydroxylation is 1. The van der Waals surface area contributed by atoms with Crippen molar-refractivity contribution >= 4 is 54.5 Å². The Morgan fingerprint density at radius 2 is 1.32 bits per heavy atom. The molecule has 0 atom stereocenters. The van der Waals surface area contributed by atoms with E-state index in [4.69, 9.17) is 0 Å². The van der Waals surface area contributed by atoms with Gasteiger partial charge in [-0.1, -0.05) is 47.7 Å². The highest BCUT2D eigenvalue weighted by Gasteiger charge is 2.16. The molecule has 0 bridgehead atoms. The number of nitrogens with one attached hydrogen (secondary N) is 3. The van der Waals surface area contributed by atoms with Crippen molar-refractivity contribution in [1.29, 1.82) is 0 Å². The van der Waals surface area contributed by atoms with Gasteiger partial charge >= 0.3 is 0 Å². The molecule has 0 aliphatic rings. The van der Waals surface area contributed by atoms with Gasteiger partial charge in [-0.05, 0) is 73.7 Å². The molecule has 0 amide bonds. The third kappa shape index (κ3) is 5.79. The summed E-state index contributed by atoms with van der Waals surface area (Å²) in [6, 6.07) is 27.4. The van der Waals surface area contributed by atoms with Crippen molar-refractivity contribution < 1.29 is 16.8 Å². The van der Waals surface area contributed by atoms with Crippen LogP contribution in [-0.2, 0) is 20.0 Å². The first-order chi connectivity index (χ1) is 17.7. The molecule has 3 N–H and O–H groups in total. The van der Waals surface area contributed by atoms with E-state index in [1.165, 1.54) is 23.9 Å². The Kier molecular flexibility index (Phi) is 6.67. The highest BCUT2D eigenvalue weighted by atomic mass is 32.2. The third-order valence-electron chi connectivity index (χ3n) is 5.41. The number of aromatic nitrogens is 2. The van der Waals surface area contributed by atoms with E-state index in [9.17, 15) is 16.8 Å². The van der Waals surface area contributed by atoms with Crippen LogP contribution in [0.25, 0.3) is 11.0 Å². The van der Waals surface area contributed by atoms with E-state index >= 15 is 0 Å².